The summed E-state index contributed by atoms with van der Waals surface area (Å²) in [6.07, 6.45) is 2.82. The van der Waals surface area contributed by atoms with Crippen LogP contribution in [0.1, 0.15) is 29.6 Å². The Kier molecular flexibility index (Phi) is 3.74. The van der Waals surface area contributed by atoms with Gasteiger partial charge in [-0.3, -0.25) is 4.79 Å². The fraction of sp³-hybridized carbons (Fsp3) is 0.462. The maximum Gasteiger partial charge on any atom is 0.254 e. The Labute approximate surface area is 100 Å². The van der Waals surface area contributed by atoms with Crippen LogP contribution in [0.5, 0.6) is 0 Å². The van der Waals surface area contributed by atoms with Crippen LogP contribution in [0.15, 0.2) is 24.3 Å². The number of halogens is 1. The molecule has 4 heteroatoms. The van der Waals surface area contributed by atoms with E-state index in [4.69, 9.17) is 5.73 Å². The molecule has 1 heterocycles. The zero-order valence-corrected chi connectivity index (χ0v) is 9.73. The van der Waals surface area contributed by atoms with Gasteiger partial charge in [-0.15, -0.1) is 0 Å². The number of amides is 1. The summed E-state index contributed by atoms with van der Waals surface area (Å²) in [6, 6.07) is 6.08. The number of carbonyl (C=O) groups excluding carboxylic acids is 1. The molecule has 1 unspecified atom stereocenters. The summed E-state index contributed by atoms with van der Waals surface area (Å²) < 4.78 is 13.1. The van der Waals surface area contributed by atoms with E-state index >= 15 is 0 Å². The average molecular weight is 236 g/mol. The van der Waals surface area contributed by atoms with Crippen LogP contribution in [-0.2, 0) is 0 Å². The zero-order valence-electron chi connectivity index (χ0n) is 9.73. The van der Waals surface area contributed by atoms with Gasteiger partial charge in [0, 0.05) is 18.2 Å². The summed E-state index contributed by atoms with van der Waals surface area (Å²) >= 11 is 0. The summed E-state index contributed by atoms with van der Waals surface area (Å²) in [4.78, 5) is 14.0. The Bertz CT molecular complexity index is 408. The molecule has 1 aromatic carbocycles. The Balaban J connectivity index is 2.14. The molecule has 17 heavy (non-hydrogen) atoms. The molecule has 92 valence electrons. The molecule has 2 N–H and O–H groups in total. The first-order valence-electron chi connectivity index (χ1n) is 5.99. The van der Waals surface area contributed by atoms with Gasteiger partial charge in [0.15, 0.2) is 0 Å². The number of hydrogen-bond donors (Lipinski definition) is 1. The Morgan fingerprint density at radius 2 is 2.35 bits per heavy atom. The molecule has 1 atom stereocenters. The van der Waals surface area contributed by atoms with Crippen molar-refractivity contribution in [3.8, 4) is 0 Å². The van der Waals surface area contributed by atoms with Crippen molar-refractivity contribution in [1.29, 1.82) is 0 Å². The van der Waals surface area contributed by atoms with E-state index in [1.54, 1.807) is 12.1 Å². The quantitative estimate of drug-likeness (QED) is 0.869. The topological polar surface area (TPSA) is 46.3 Å². The summed E-state index contributed by atoms with van der Waals surface area (Å²) in [5.41, 5.74) is 5.96. The minimum atomic E-state index is -0.370. The normalized spacial score (nSPS) is 19.6. The lowest BCUT2D eigenvalue weighted by molar-refractivity contribution is 0.0731. The monoisotopic (exact) mass is 236 g/mol. The lowest BCUT2D eigenvalue weighted by Gasteiger charge is -2.24. The lowest BCUT2D eigenvalue weighted by atomic mass is 10.1. The first-order chi connectivity index (χ1) is 8.22. The van der Waals surface area contributed by atoms with Crippen LogP contribution in [0, 0.1) is 5.82 Å². The van der Waals surface area contributed by atoms with Crippen molar-refractivity contribution < 1.29 is 9.18 Å². The van der Waals surface area contributed by atoms with Gasteiger partial charge < -0.3 is 10.6 Å². The molecular weight excluding hydrogens is 219 g/mol. The second kappa shape index (κ2) is 5.27. The molecule has 2 rings (SSSR count). The van der Waals surface area contributed by atoms with Gasteiger partial charge in [-0.2, -0.15) is 0 Å². The van der Waals surface area contributed by atoms with Crippen molar-refractivity contribution >= 4 is 5.91 Å². The van der Waals surface area contributed by atoms with Crippen LogP contribution in [0.3, 0.4) is 0 Å². The van der Waals surface area contributed by atoms with Crippen LogP contribution in [0.2, 0.25) is 0 Å². The number of rotatable bonds is 3. The summed E-state index contributed by atoms with van der Waals surface area (Å²) in [5, 5.41) is 0. The standard InChI is InChI=1S/C13H17FN2O/c14-11-4-1-3-10(9-11)13(17)16-8-2-5-12(16)6-7-15/h1,3-4,9,12H,2,5-8,15H2. The molecule has 0 spiro atoms. The summed E-state index contributed by atoms with van der Waals surface area (Å²) in [6.45, 7) is 1.33. The molecule has 0 bridgehead atoms. The summed E-state index contributed by atoms with van der Waals surface area (Å²) in [7, 11) is 0. The van der Waals surface area contributed by atoms with Gasteiger partial charge in [-0.25, -0.2) is 4.39 Å². The second-order valence-electron chi connectivity index (χ2n) is 4.38. The fourth-order valence-corrected chi connectivity index (χ4v) is 2.38. The molecule has 1 aromatic rings. The number of likely N-dealkylation sites (tertiary alicyclic amines) is 1. The van der Waals surface area contributed by atoms with Crippen LogP contribution in [-0.4, -0.2) is 29.9 Å². The largest absolute Gasteiger partial charge is 0.336 e. The average Bonchev–Trinajstić information content (AvgIpc) is 2.77. The minimum Gasteiger partial charge on any atom is -0.336 e. The highest BCUT2D eigenvalue weighted by molar-refractivity contribution is 5.94. The van der Waals surface area contributed by atoms with Crippen molar-refractivity contribution in [2.75, 3.05) is 13.1 Å². The van der Waals surface area contributed by atoms with E-state index in [0.717, 1.165) is 25.8 Å². The number of carbonyl (C=O) groups is 1. The van der Waals surface area contributed by atoms with Gasteiger partial charge in [0.05, 0.1) is 0 Å². The number of nitrogens with two attached hydrogens (primary N) is 1. The van der Waals surface area contributed by atoms with Crippen LogP contribution < -0.4 is 5.73 Å². The van der Waals surface area contributed by atoms with Gasteiger partial charge in [0.2, 0.25) is 0 Å². The molecule has 1 amide bonds. The van der Waals surface area contributed by atoms with Crippen molar-refractivity contribution in [2.24, 2.45) is 5.73 Å². The highest BCUT2D eigenvalue weighted by atomic mass is 19.1. The first kappa shape index (κ1) is 12.0. The van der Waals surface area contributed by atoms with Gasteiger partial charge in [0.25, 0.3) is 5.91 Å². The van der Waals surface area contributed by atoms with E-state index in [1.165, 1.54) is 12.1 Å². The first-order valence-corrected chi connectivity index (χ1v) is 5.99. The fourth-order valence-electron chi connectivity index (χ4n) is 2.38. The van der Waals surface area contributed by atoms with Gasteiger partial charge in [0.1, 0.15) is 5.82 Å². The highest BCUT2D eigenvalue weighted by Crippen LogP contribution is 2.22. The van der Waals surface area contributed by atoms with E-state index in [-0.39, 0.29) is 17.8 Å². The molecule has 3 nitrogen and oxygen atoms in total. The van der Waals surface area contributed by atoms with Crippen LogP contribution in [0.25, 0.3) is 0 Å². The van der Waals surface area contributed by atoms with E-state index in [2.05, 4.69) is 0 Å². The minimum absolute atomic E-state index is 0.0829. The molecule has 0 radical (unpaired) electrons. The third kappa shape index (κ3) is 2.64. The Morgan fingerprint density at radius 3 is 3.06 bits per heavy atom. The third-order valence-corrected chi connectivity index (χ3v) is 3.21. The molecule has 0 aliphatic carbocycles. The highest BCUT2D eigenvalue weighted by Gasteiger charge is 2.28. The van der Waals surface area contributed by atoms with Gasteiger partial charge in [-0.1, -0.05) is 6.07 Å². The molecule has 1 aliphatic heterocycles. The van der Waals surface area contributed by atoms with Crippen LogP contribution in [0.4, 0.5) is 4.39 Å². The Hall–Kier alpha value is -1.42. The van der Waals surface area contributed by atoms with E-state index in [1.807, 2.05) is 4.90 Å². The van der Waals surface area contributed by atoms with Crippen LogP contribution >= 0.6 is 0 Å². The molecule has 1 fully saturated rings. The Morgan fingerprint density at radius 1 is 1.53 bits per heavy atom. The molecule has 1 aliphatic rings. The van der Waals surface area contributed by atoms with E-state index in [0.29, 0.717) is 12.1 Å². The number of benzene rings is 1. The maximum atomic E-state index is 13.1. The smallest absolute Gasteiger partial charge is 0.254 e. The molecule has 0 saturated carbocycles. The number of hydrogen-bond acceptors (Lipinski definition) is 2. The van der Waals surface area contributed by atoms with Crippen molar-refractivity contribution in [3.63, 3.8) is 0 Å². The third-order valence-electron chi connectivity index (χ3n) is 3.21. The van der Waals surface area contributed by atoms with Crippen molar-refractivity contribution in [1.82, 2.24) is 4.90 Å². The van der Waals surface area contributed by atoms with Gasteiger partial charge >= 0.3 is 0 Å². The van der Waals surface area contributed by atoms with E-state index < -0.39 is 0 Å². The SMILES string of the molecule is NCCC1CCCN1C(=O)c1cccc(F)c1. The van der Waals surface area contributed by atoms with Crippen molar-refractivity contribution in [2.45, 2.75) is 25.3 Å². The lowest BCUT2D eigenvalue weighted by Crippen LogP contribution is -2.36. The maximum absolute atomic E-state index is 13.1. The predicted molar refractivity (Wildman–Crippen MR) is 64.1 cm³/mol. The molecule has 0 aromatic heterocycles. The van der Waals surface area contributed by atoms with Gasteiger partial charge in [-0.05, 0) is 44.0 Å². The van der Waals surface area contributed by atoms with E-state index in [9.17, 15) is 9.18 Å². The molecule has 1 saturated heterocycles. The second-order valence-corrected chi connectivity index (χ2v) is 4.38. The summed E-state index contributed by atoms with van der Waals surface area (Å²) in [5.74, 6) is -0.453. The zero-order chi connectivity index (χ0) is 12.3. The molecular formula is C13H17FN2O. The van der Waals surface area contributed by atoms with Crippen molar-refractivity contribution in [3.05, 3.63) is 35.6 Å². The number of nitrogens with zero attached hydrogens (tertiary/aromatic N) is 1. The predicted octanol–water partition coefficient (Wildman–Crippen LogP) is 1.78.